The van der Waals surface area contributed by atoms with Crippen molar-refractivity contribution in [3.63, 3.8) is 0 Å². The van der Waals surface area contributed by atoms with Gasteiger partial charge in [0.25, 0.3) is 0 Å². The minimum atomic E-state index is -0.585. The molecule has 1 aromatic heterocycles. The number of hydrogen-bond acceptors (Lipinski definition) is 8. The number of aryl methyl sites for hydroxylation is 1. The van der Waals surface area contributed by atoms with Gasteiger partial charge >= 0.3 is 0 Å². The van der Waals surface area contributed by atoms with E-state index in [2.05, 4.69) is 20.8 Å². The molecule has 0 spiro atoms. The first kappa shape index (κ1) is 22.9. The summed E-state index contributed by atoms with van der Waals surface area (Å²) in [6, 6.07) is 5.35. The Morgan fingerprint density at radius 2 is 1.91 bits per heavy atom. The summed E-state index contributed by atoms with van der Waals surface area (Å²) in [5.74, 6) is 2.67. The van der Waals surface area contributed by atoms with E-state index in [4.69, 9.17) is 18.7 Å². The number of nitrogens with zero attached hydrogens (tertiary/aromatic N) is 2. The smallest absolute Gasteiger partial charge is 0.231 e. The number of fused-ring (bicyclic) bond motifs is 1. The average Bonchev–Trinajstić information content (AvgIpc) is 3.41. The van der Waals surface area contributed by atoms with Crippen LogP contribution < -0.4 is 24.8 Å². The van der Waals surface area contributed by atoms with Crippen molar-refractivity contribution < 1.29 is 28.3 Å². The lowest BCUT2D eigenvalue weighted by Gasteiger charge is -2.30. The molecular weight excluding hydrogens is 428 g/mol. The van der Waals surface area contributed by atoms with Gasteiger partial charge in [-0.1, -0.05) is 30.8 Å². The molecule has 178 valence electrons. The van der Waals surface area contributed by atoms with Crippen LogP contribution in [0, 0.1) is 0 Å². The highest BCUT2D eigenvalue weighted by Gasteiger charge is 2.38. The van der Waals surface area contributed by atoms with Crippen LogP contribution in [0.25, 0.3) is 0 Å². The highest BCUT2D eigenvalue weighted by molar-refractivity contribution is 5.76. The fourth-order valence-corrected chi connectivity index (χ4v) is 4.26. The van der Waals surface area contributed by atoms with E-state index in [-0.39, 0.29) is 25.0 Å². The number of aromatic nitrogens is 2. The fourth-order valence-electron chi connectivity index (χ4n) is 4.26. The lowest BCUT2D eigenvalue weighted by Crippen LogP contribution is -2.45. The summed E-state index contributed by atoms with van der Waals surface area (Å²) in [4.78, 5) is 28.5. The van der Waals surface area contributed by atoms with E-state index in [0.29, 0.717) is 48.5 Å². The Hall–Kier alpha value is -3.30. The van der Waals surface area contributed by atoms with Gasteiger partial charge < -0.3 is 29.4 Å². The van der Waals surface area contributed by atoms with Crippen LogP contribution in [0.2, 0.25) is 0 Å². The third kappa shape index (κ3) is 5.94. The number of rotatable bonds is 9. The van der Waals surface area contributed by atoms with Crippen LogP contribution in [0.4, 0.5) is 0 Å². The van der Waals surface area contributed by atoms with Crippen LogP contribution in [0.5, 0.6) is 17.2 Å². The Kier molecular flexibility index (Phi) is 7.31. The summed E-state index contributed by atoms with van der Waals surface area (Å²) >= 11 is 0. The summed E-state index contributed by atoms with van der Waals surface area (Å²) in [7, 11) is 0. The molecule has 1 fully saturated rings. The van der Waals surface area contributed by atoms with Crippen LogP contribution in [0.3, 0.4) is 0 Å². The van der Waals surface area contributed by atoms with E-state index in [1.54, 1.807) is 18.2 Å². The molecule has 2 heterocycles. The van der Waals surface area contributed by atoms with Crippen molar-refractivity contribution in [2.75, 3.05) is 19.9 Å². The molecule has 33 heavy (non-hydrogen) atoms. The molecule has 1 aliphatic heterocycles. The Balaban J connectivity index is 1.22. The number of carbonyl (C=O) groups is 2. The molecule has 10 nitrogen and oxygen atoms in total. The van der Waals surface area contributed by atoms with E-state index in [1.807, 2.05) is 0 Å². The van der Waals surface area contributed by atoms with E-state index >= 15 is 0 Å². The third-order valence-corrected chi connectivity index (χ3v) is 5.87. The molecule has 2 aromatic rings. The standard InChI is InChI=1S/C23H30N4O6/c1-16(28)26-23(10-4-2-3-5-11-23)22-25-21(33-27-22)9-8-20(29)24-12-13-30-17-6-7-18-19(14-17)32-15-31-18/h6-7,14H,2-5,8-13,15H2,1H3,(H,24,29)(H,26,28). The van der Waals surface area contributed by atoms with Gasteiger partial charge in [0, 0.05) is 25.8 Å². The molecule has 1 aliphatic carbocycles. The number of benzene rings is 1. The number of ether oxygens (including phenoxy) is 3. The molecule has 0 saturated heterocycles. The maximum Gasteiger partial charge on any atom is 0.231 e. The summed E-state index contributed by atoms with van der Waals surface area (Å²) in [6.07, 6.45) is 6.39. The van der Waals surface area contributed by atoms with Gasteiger partial charge in [0.05, 0.1) is 6.54 Å². The van der Waals surface area contributed by atoms with Crippen molar-refractivity contribution in [3.05, 3.63) is 29.9 Å². The van der Waals surface area contributed by atoms with Gasteiger partial charge in [-0.25, -0.2) is 0 Å². The predicted octanol–water partition coefficient (Wildman–Crippen LogP) is 2.61. The van der Waals surface area contributed by atoms with Gasteiger partial charge in [-0.3, -0.25) is 9.59 Å². The maximum atomic E-state index is 12.2. The normalized spacial score (nSPS) is 16.6. The zero-order chi connectivity index (χ0) is 23.1. The Morgan fingerprint density at radius 3 is 2.70 bits per heavy atom. The minimum absolute atomic E-state index is 0.106. The van der Waals surface area contributed by atoms with Crippen molar-refractivity contribution in [2.24, 2.45) is 0 Å². The largest absolute Gasteiger partial charge is 0.492 e. The molecule has 0 bridgehead atoms. The molecule has 4 rings (SSSR count). The van der Waals surface area contributed by atoms with Crippen molar-refractivity contribution in [1.82, 2.24) is 20.8 Å². The van der Waals surface area contributed by atoms with Crippen LogP contribution in [-0.2, 0) is 21.5 Å². The fraction of sp³-hybridized carbons (Fsp3) is 0.565. The molecule has 2 N–H and O–H groups in total. The number of nitrogens with one attached hydrogen (secondary N) is 2. The Bertz CT molecular complexity index is 968. The number of carbonyl (C=O) groups excluding carboxylic acids is 2. The van der Waals surface area contributed by atoms with Gasteiger partial charge in [0.2, 0.25) is 24.5 Å². The van der Waals surface area contributed by atoms with Gasteiger partial charge in [0.1, 0.15) is 17.9 Å². The van der Waals surface area contributed by atoms with Crippen LogP contribution >= 0.6 is 0 Å². The second kappa shape index (κ2) is 10.5. The highest BCUT2D eigenvalue weighted by atomic mass is 16.7. The van der Waals surface area contributed by atoms with Crippen molar-refractivity contribution in [1.29, 1.82) is 0 Å². The van der Waals surface area contributed by atoms with Gasteiger partial charge in [-0.05, 0) is 25.0 Å². The summed E-state index contributed by atoms with van der Waals surface area (Å²) < 4.78 is 21.6. The van der Waals surface area contributed by atoms with E-state index in [0.717, 1.165) is 38.5 Å². The zero-order valence-corrected chi connectivity index (χ0v) is 18.9. The zero-order valence-electron chi connectivity index (χ0n) is 18.9. The van der Waals surface area contributed by atoms with Crippen LogP contribution in [0.1, 0.15) is 63.6 Å². The van der Waals surface area contributed by atoms with Crippen LogP contribution in [-0.4, -0.2) is 41.9 Å². The van der Waals surface area contributed by atoms with Gasteiger partial charge in [-0.15, -0.1) is 0 Å². The molecule has 0 unspecified atom stereocenters. The second-order valence-electron chi connectivity index (χ2n) is 8.40. The van der Waals surface area contributed by atoms with Gasteiger partial charge in [-0.2, -0.15) is 4.98 Å². The van der Waals surface area contributed by atoms with Crippen molar-refractivity contribution >= 4 is 11.8 Å². The molecule has 1 aromatic carbocycles. The lowest BCUT2D eigenvalue weighted by molar-refractivity contribution is -0.122. The molecular formula is C23H30N4O6. The second-order valence-corrected chi connectivity index (χ2v) is 8.40. The monoisotopic (exact) mass is 458 g/mol. The first-order valence-corrected chi connectivity index (χ1v) is 11.4. The summed E-state index contributed by atoms with van der Waals surface area (Å²) in [5.41, 5.74) is -0.585. The summed E-state index contributed by atoms with van der Waals surface area (Å²) in [6.45, 7) is 2.42. The Morgan fingerprint density at radius 1 is 1.12 bits per heavy atom. The molecule has 0 radical (unpaired) electrons. The van der Waals surface area contributed by atoms with Crippen molar-refractivity contribution in [2.45, 2.75) is 63.8 Å². The minimum Gasteiger partial charge on any atom is -0.492 e. The Labute approximate surface area is 192 Å². The SMILES string of the molecule is CC(=O)NC1(c2noc(CCC(=O)NCCOc3ccc4c(c3)OCO4)n2)CCCCCC1. The average molecular weight is 459 g/mol. The first-order valence-electron chi connectivity index (χ1n) is 11.4. The third-order valence-electron chi connectivity index (χ3n) is 5.87. The highest BCUT2D eigenvalue weighted by Crippen LogP contribution is 2.35. The van der Waals surface area contributed by atoms with Gasteiger partial charge in [0.15, 0.2) is 17.3 Å². The first-order chi connectivity index (χ1) is 16.0. The predicted molar refractivity (Wildman–Crippen MR) is 117 cm³/mol. The molecule has 2 amide bonds. The number of hydrogen-bond donors (Lipinski definition) is 2. The van der Waals surface area contributed by atoms with Crippen LogP contribution in [0.15, 0.2) is 22.7 Å². The quantitative estimate of drug-likeness (QED) is 0.434. The topological polar surface area (TPSA) is 125 Å². The van der Waals surface area contributed by atoms with E-state index in [9.17, 15) is 9.59 Å². The molecule has 1 saturated carbocycles. The maximum absolute atomic E-state index is 12.2. The number of amides is 2. The molecule has 10 heteroatoms. The summed E-state index contributed by atoms with van der Waals surface area (Å²) in [5, 5.41) is 10.0. The van der Waals surface area contributed by atoms with E-state index in [1.165, 1.54) is 6.92 Å². The lowest BCUT2D eigenvalue weighted by atomic mass is 9.89. The molecule has 2 aliphatic rings. The molecule has 0 atom stereocenters. The van der Waals surface area contributed by atoms with Crippen molar-refractivity contribution in [3.8, 4) is 17.2 Å². The van der Waals surface area contributed by atoms with E-state index < -0.39 is 5.54 Å².